The molecule has 0 fully saturated rings. The largest absolute Gasteiger partial charge is 0.374 e. The fraction of sp³-hybridized carbons (Fsp3) is 1.00. The van der Waals surface area contributed by atoms with Gasteiger partial charge >= 0.3 is 0 Å². The summed E-state index contributed by atoms with van der Waals surface area (Å²) in [7, 11) is -3.09. The normalized spacial score (nSPS) is 15.1. The summed E-state index contributed by atoms with van der Waals surface area (Å²) in [6.45, 7) is 8.50. The van der Waals surface area contributed by atoms with Crippen molar-refractivity contribution in [3.63, 3.8) is 0 Å². The molecule has 0 aliphatic heterocycles. The van der Waals surface area contributed by atoms with Gasteiger partial charge in [0.05, 0.1) is 18.5 Å². The molecule has 4 nitrogen and oxygen atoms in total. The van der Waals surface area contributed by atoms with Crippen molar-refractivity contribution in [2.45, 2.75) is 39.9 Å². The molecule has 0 aliphatic rings. The van der Waals surface area contributed by atoms with E-state index in [0.717, 1.165) is 0 Å². The Morgan fingerprint density at radius 2 is 1.79 bits per heavy atom. The first-order valence-electron chi connectivity index (χ1n) is 4.88. The van der Waals surface area contributed by atoms with E-state index in [1.165, 1.54) is 10.6 Å². The predicted molar refractivity (Wildman–Crippen MR) is 57.8 cm³/mol. The molecular formula is C9H21NO3S. The smallest absolute Gasteiger partial charge is 0.211 e. The van der Waals surface area contributed by atoms with Crippen LogP contribution in [0.5, 0.6) is 0 Å². The van der Waals surface area contributed by atoms with E-state index >= 15 is 0 Å². The van der Waals surface area contributed by atoms with Crippen LogP contribution >= 0.6 is 0 Å². The maximum absolute atomic E-state index is 11.3. The van der Waals surface area contributed by atoms with Gasteiger partial charge in [0.1, 0.15) is 0 Å². The lowest BCUT2D eigenvalue weighted by Gasteiger charge is -2.23. The van der Waals surface area contributed by atoms with E-state index in [1.807, 2.05) is 27.7 Å². The van der Waals surface area contributed by atoms with Crippen LogP contribution in [0.2, 0.25) is 0 Å². The average molecular weight is 223 g/mol. The van der Waals surface area contributed by atoms with Crippen molar-refractivity contribution in [3.8, 4) is 0 Å². The van der Waals surface area contributed by atoms with Crippen LogP contribution in [-0.4, -0.2) is 44.3 Å². The molecule has 0 heterocycles. The summed E-state index contributed by atoms with van der Waals surface area (Å²) in [6, 6.07) is 0. The SMILES string of the molecule is CCN(CC(C)OC(C)C)S(C)(=O)=O. The highest BCUT2D eigenvalue weighted by Gasteiger charge is 2.18. The maximum Gasteiger partial charge on any atom is 0.211 e. The van der Waals surface area contributed by atoms with Gasteiger partial charge in [-0.3, -0.25) is 0 Å². The molecule has 0 spiro atoms. The lowest BCUT2D eigenvalue weighted by molar-refractivity contribution is 0.0103. The van der Waals surface area contributed by atoms with Gasteiger partial charge in [-0.05, 0) is 20.8 Å². The Hall–Kier alpha value is -0.130. The van der Waals surface area contributed by atoms with Gasteiger partial charge in [-0.1, -0.05) is 6.92 Å². The van der Waals surface area contributed by atoms with Crippen LogP contribution < -0.4 is 0 Å². The molecule has 14 heavy (non-hydrogen) atoms. The number of hydrogen-bond acceptors (Lipinski definition) is 3. The summed E-state index contributed by atoms with van der Waals surface area (Å²) >= 11 is 0. The van der Waals surface area contributed by atoms with Crippen molar-refractivity contribution in [1.82, 2.24) is 4.31 Å². The van der Waals surface area contributed by atoms with Gasteiger partial charge in [0.2, 0.25) is 10.0 Å². The molecule has 0 bridgehead atoms. The van der Waals surface area contributed by atoms with E-state index in [4.69, 9.17) is 4.74 Å². The molecule has 0 N–H and O–H groups in total. The fourth-order valence-electron chi connectivity index (χ4n) is 1.29. The molecule has 0 aromatic heterocycles. The van der Waals surface area contributed by atoms with Crippen molar-refractivity contribution < 1.29 is 13.2 Å². The first-order chi connectivity index (χ1) is 6.27. The minimum absolute atomic E-state index is 0.0651. The second-order valence-corrected chi connectivity index (χ2v) is 5.69. The molecule has 0 radical (unpaired) electrons. The summed E-state index contributed by atoms with van der Waals surface area (Å²) in [4.78, 5) is 0. The van der Waals surface area contributed by atoms with Crippen LogP contribution in [0.3, 0.4) is 0 Å². The summed E-state index contributed by atoms with van der Waals surface area (Å²) < 4.78 is 29.4. The molecule has 0 saturated carbocycles. The maximum atomic E-state index is 11.3. The van der Waals surface area contributed by atoms with Crippen molar-refractivity contribution in [2.24, 2.45) is 0 Å². The van der Waals surface area contributed by atoms with Gasteiger partial charge in [-0.2, -0.15) is 4.31 Å². The predicted octanol–water partition coefficient (Wildman–Crippen LogP) is 1.08. The number of sulfonamides is 1. The van der Waals surface area contributed by atoms with E-state index in [2.05, 4.69) is 0 Å². The zero-order chi connectivity index (χ0) is 11.4. The topological polar surface area (TPSA) is 46.6 Å². The van der Waals surface area contributed by atoms with Crippen molar-refractivity contribution >= 4 is 10.0 Å². The molecule has 0 amide bonds. The van der Waals surface area contributed by atoms with Crippen molar-refractivity contribution in [2.75, 3.05) is 19.3 Å². The zero-order valence-electron chi connectivity index (χ0n) is 9.65. The molecule has 0 aliphatic carbocycles. The molecular weight excluding hydrogens is 202 g/mol. The van der Waals surface area contributed by atoms with Crippen molar-refractivity contribution in [1.29, 1.82) is 0 Å². The monoisotopic (exact) mass is 223 g/mol. The number of likely N-dealkylation sites (N-methyl/N-ethyl adjacent to an activating group) is 1. The molecule has 0 aromatic rings. The lowest BCUT2D eigenvalue weighted by atomic mass is 10.3. The number of ether oxygens (including phenoxy) is 1. The third kappa shape index (κ3) is 5.57. The minimum Gasteiger partial charge on any atom is -0.374 e. The van der Waals surface area contributed by atoms with Gasteiger partial charge < -0.3 is 4.74 Å². The molecule has 1 atom stereocenters. The summed E-state index contributed by atoms with van der Waals surface area (Å²) in [6.07, 6.45) is 1.28. The average Bonchev–Trinajstić information content (AvgIpc) is 1.96. The van der Waals surface area contributed by atoms with Crippen LogP contribution in [0.4, 0.5) is 0 Å². The van der Waals surface area contributed by atoms with Crippen LogP contribution in [0.1, 0.15) is 27.7 Å². The highest BCUT2D eigenvalue weighted by molar-refractivity contribution is 7.88. The van der Waals surface area contributed by atoms with Crippen molar-refractivity contribution in [3.05, 3.63) is 0 Å². The second kappa shape index (κ2) is 5.68. The van der Waals surface area contributed by atoms with Crippen LogP contribution in [-0.2, 0) is 14.8 Å². The summed E-state index contributed by atoms with van der Waals surface area (Å²) in [5.74, 6) is 0. The highest BCUT2D eigenvalue weighted by Crippen LogP contribution is 2.04. The summed E-state index contributed by atoms with van der Waals surface area (Å²) in [5, 5.41) is 0. The molecule has 5 heteroatoms. The Morgan fingerprint density at radius 1 is 1.29 bits per heavy atom. The third-order valence-corrected chi connectivity index (χ3v) is 3.13. The van der Waals surface area contributed by atoms with Gasteiger partial charge in [-0.25, -0.2) is 8.42 Å². The van der Waals surface area contributed by atoms with E-state index in [1.54, 1.807) is 0 Å². The molecule has 1 unspecified atom stereocenters. The molecule has 0 saturated heterocycles. The Balaban J connectivity index is 4.20. The van der Waals surface area contributed by atoms with E-state index in [0.29, 0.717) is 13.1 Å². The quantitative estimate of drug-likeness (QED) is 0.677. The first kappa shape index (κ1) is 13.9. The minimum atomic E-state index is -3.09. The summed E-state index contributed by atoms with van der Waals surface area (Å²) in [5.41, 5.74) is 0. The number of nitrogens with zero attached hydrogens (tertiary/aromatic N) is 1. The van der Waals surface area contributed by atoms with Crippen LogP contribution in [0.25, 0.3) is 0 Å². The van der Waals surface area contributed by atoms with Crippen LogP contribution in [0, 0.1) is 0 Å². The van der Waals surface area contributed by atoms with E-state index in [-0.39, 0.29) is 12.2 Å². The Morgan fingerprint density at radius 3 is 2.07 bits per heavy atom. The van der Waals surface area contributed by atoms with Gasteiger partial charge in [0.25, 0.3) is 0 Å². The van der Waals surface area contributed by atoms with Crippen LogP contribution in [0.15, 0.2) is 0 Å². The second-order valence-electron chi connectivity index (χ2n) is 3.71. The number of hydrogen-bond donors (Lipinski definition) is 0. The van der Waals surface area contributed by atoms with Gasteiger partial charge in [0.15, 0.2) is 0 Å². The molecule has 0 rings (SSSR count). The Bertz CT molecular complexity index is 249. The molecule has 0 aromatic carbocycles. The fourth-order valence-corrected chi connectivity index (χ4v) is 2.24. The van der Waals surface area contributed by atoms with E-state index in [9.17, 15) is 8.42 Å². The lowest BCUT2D eigenvalue weighted by Crippen LogP contribution is -2.37. The Labute approximate surface area is 87.3 Å². The third-order valence-electron chi connectivity index (χ3n) is 1.79. The Kier molecular flexibility index (Phi) is 5.63. The van der Waals surface area contributed by atoms with Gasteiger partial charge in [-0.15, -0.1) is 0 Å². The van der Waals surface area contributed by atoms with Gasteiger partial charge in [0, 0.05) is 13.1 Å². The number of rotatable bonds is 6. The standard InChI is InChI=1S/C9H21NO3S/c1-6-10(14(5,11)12)7-9(4)13-8(2)3/h8-9H,6-7H2,1-5H3. The highest BCUT2D eigenvalue weighted by atomic mass is 32.2. The molecule has 86 valence electrons. The van der Waals surface area contributed by atoms with E-state index < -0.39 is 10.0 Å². The first-order valence-corrected chi connectivity index (χ1v) is 6.72. The zero-order valence-corrected chi connectivity index (χ0v) is 10.5.